The monoisotopic (exact) mass is 657 g/mol. The van der Waals surface area contributed by atoms with Gasteiger partial charge in [-0.2, -0.15) is 0 Å². The maximum Gasteiger partial charge on any atom is 0.264 e. The van der Waals surface area contributed by atoms with E-state index in [0.29, 0.717) is 10.6 Å². The first-order chi connectivity index (χ1) is 19.3. The quantitative estimate of drug-likeness (QED) is 0.237. The number of anilines is 1. The highest BCUT2D eigenvalue weighted by molar-refractivity contribution is 7.92. The van der Waals surface area contributed by atoms with Crippen LogP contribution < -0.4 is 9.62 Å². The number of benzene rings is 3. The minimum Gasteiger partial charge on any atom is -0.352 e. The van der Waals surface area contributed by atoms with E-state index in [-0.39, 0.29) is 50.6 Å². The van der Waals surface area contributed by atoms with Crippen molar-refractivity contribution in [3.8, 4) is 0 Å². The van der Waals surface area contributed by atoms with Crippen LogP contribution in [0.3, 0.4) is 0 Å². The Hall–Kier alpha value is -2.49. The highest BCUT2D eigenvalue weighted by Gasteiger charge is 2.35. The second-order valence-corrected chi connectivity index (χ2v) is 13.2. The standard InChI is InChI=1S/C29H31Cl4N3O4S/c1-5-25(29(38)34-18(2)3)35(16-20-11-14-22(30)24(32)15-20)27(37)17-36(26-8-6-7-23(31)28(26)33)41(39,40)21-12-9-19(4)10-13-21/h6-15,18,25H,5,16-17H2,1-4H3,(H,34,38)/t25-/m0/s1. The average Bonchev–Trinajstić information content (AvgIpc) is 2.90. The molecule has 0 heterocycles. The summed E-state index contributed by atoms with van der Waals surface area (Å²) in [7, 11) is -4.29. The predicted octanol–water partition coefficient (Wildman–Crippen LogP) is 7.14. The number of carbonyl (C=O) groups excluding carboxylic acids is 2. The lowest BCUT2D eigenvalue weighted by atomic mass is 10.1. The van der Waals surface area contributed by atoms with Crippen molar-refractivity contribution >= 4 is 73.9 Å². The Kier molecular flexibility index (Phi) is 11.4. The number of hydrogen-bond acceptors (Lipinski definition) is 4. The van der Waals surface area contributed by atoms with Crippen molar-refractivity contribution in [3.05, 3.63) is 91.9 Å². The molecule has 0 aliphatic carbocycles. The van der Waals surface area contributed by atoms with E-state index in [2.05, 4.69) is 5.32 Å². The normalized spacial score (nSPS) is 12.2. The first-order valence-electron chi connectivity index (χ1n) is 12.8. The number of rotatable bonds is 11. The van der Waals surface area contributed by atoms with Crippen LogP contribution in [0.25, 0.3) is 0 Å². The number of aryl methyl sites for hydroxylation is 1. The van der Waals surface area contributed by atoms with Gasteiger partial charge in [-0.25, -0.2) is 8.42 Å². The van der Waals surface area contributed by atoms with E-state index >= 15 is 0 Å². The molecule has 0 bridgehead atoms. The van der Waals surface area contributed by atoms with Crippen LogP contribution in [0, 0.1) is 6.92 Å². The van der Waals surface area contributed by atoms with Crippen LogP contribution in [-0.4, -0.2) is 43.8 Å². The number of nitrogens with one attached hydrogen (secondary N) is 1. The van der Waals surface area contributed by atoms with Gasteiger partial charge in [0.05, 0.1) is 30.7 Å². The summed E-state index contributed by atoms with van der Waals surface area (Å²) in [6.45, 7) is 6.55. The zero-order valence-electron chi connectivity index (χ0n) is 23.0. The van der Waals surface area contributed by atoms with Gasteiger partial charge in [-0.15, -0.1) is 0 Å². The zero-order chi connectivity index (χ0) is 30.5. The van der Waals surface area contributed by atoms with Crippen molar-refractivity contribution in [1.82, 2.24) is 10.2 Å². The summed E-state index contributed by atoms with van der Waals surface area (Å²) >= 11 is 25.0. The largest absolute Gasteiger partial charge is 0.352 e. The lowest BCUT2D eigenvalue weighted by Gasteiger charge is -2.34. The van der Waals surface area contributed by atoms with Gasteiger partial charge in [-0.3, -0.25) is 13.9 Å². The molecule has 12 heteroatoms. The Balaban J connectivity index is 2.12. The molecule has 0 fully saturated rings. The molecule has 2 amide bonds. The molecule has 0 aliphatic rings. The Morgan fingerprint density at radius 3 is 2.15 bits per heavy atom. The van der Waals surface area contributed by atoms with Crippen LogP contribution in [0.5, 0.6) is 0 Å². The Morgan fingerprint density at radius 1 is 0.902 bits per heavy atom. The fraction of sp³-hybridized carbons (Fsp3) is 0.310. The van der Waals surface area contributed by atoms with Gasteiger partial charge in [0.25, 0.3) is 10.0 Å². The van der Waals surface area contributed by atoms with E-state index < -0.39 is 28.5 Å². The summed E-state index contributed by atoms with van der Waals surface area (Å²) in [5, 5.41) is 3.56. The molecule has 0 radical (unpaired) electrons. The fourth-order valence-electron chi connectivity index (χ4n) is 4.17. The van der Waals surface area contributed by atoms with Crippen molar-refractivity contribution in [2.45, 2.75) is 57.6 Å². The third kappa shape index (κ3) is 8.08. The van der Waals surface area contributed by atoms with Gasteiger partial charge in [-0.05, 0) is 69.2 Å². The van der Waals surface area contributed by atoms with Crippen molar-refractivity contribution < 1.29 is 18.0 Å². The van der Waals surface area contributed by atoms with E-state index in [1.807, 2.05) is 20.8 Å². The summed E-state index contributed by atoms with van der Waals surface area (Å²) < 4.78 is 28.9. The minimum absolute atomic E-state index is 0.0263. The second-order valence-electron chi connectivity index (χ2n) is 9.76. The third-order valence-electron chi connectivity index (χ3n) is 6.24. The molecule has 0 saturated heterocycles. The predicted molar refractivity (Wildman–Crippen MR) is 167 cm³/mol. The number of hydrogen-bond donors (Lipinski definition) is 1. The van der Waals surface area contributed by atoms with Crippen LogP contribution in [-0.2, 0) is 26.2 Å². The van der Waals surface area contributed by atoms with Crippen molar-refractivity contribution in [2.75, 3.05) is 10.8 Å². The van der Waals surface area contributed by atoms with Gasteiger partial charge in [0, 0.05) is 12.6 Å². The van der Waals surface area contributed by atoms with Crippen LogP contribution in [0.15, 0.2) is 65.6 Å². The summed E-state index contributed by atoms with van der Waals surface area (Å²) in [5.41, 5.74) is 1.50. The van der Waals surface area contributed by atoms with Crippen molar-refractivity contribution in [2.24, 2.45) is 0 Å². The van der Waals surface area contributed by atoms with E-state index in [9.17, 15) is 18.0 Å². The van der Waals surface area contributed by atoms with Gasteiger partial charge < -0.3 is 10.2 Å². The molecule has 3 rings (SSSR count). The summed E-state index contributed by atoms with van der Waals surface area (Å²) in [6, 6.07) is 14.6. The molecule has 1 N–H and O–H groups in total. The minimum atomic E-state index is -4.29. The van der Waals surface area contributed by atoms with Crippen LogP contribution in [0.4, 0.5) is 5.69 Å². The number of halogens is 4. The molecule has 0 aliphatic heterocycles. The molecule has 3 aromatic rings. The molecule has 41 heavy (non-hydrogen) atoms. The Morgan fingerprint density at radius 2 is 1.56 bits per heavy atom. The average molecular weight is 659 g/mol. The molecule has 0 unspecified atom stereocenters. The summed E-state index contributed by atoms with van der Waals surface area (Å²) in [4.78, 5) is 28.6. The van der Waals surface area contributed by atoms with E-state index in [1.54, 1.807) is 43.3 Å². The van der Waals surface area contributed by atoms with Crippen LogP contribution in [0.1, 0.15) is 38.3 Å². The van der Waals surface area contributed by atoms with Gasteiger partial charge in [0.2, 0.25) is 11.8 Å². The molecule has 0 spiro atoms. The zero-order valence-corrected chi connectivity index (χ0v) is 26.8. The van der Waals surface area contributed by atoms with Gasteiger partial charge >= 0.3 is 0 Å². The Bertz CT molecular complexity index is 1510. The molecule has 3 aromatic carbocycles. The van der Waals surface area contributed by atoms with E-state index in [1.165, 1.54) is 29.2 Å². The molecule has 0 saturated carbocycles. The highest BCUT2D eigenvalue weighted by Crippen LogP contribution is 2.36. The first-order valence-corrected chi connectivity index (χ1v) is 15.8. The lowest BCUT2D eigenvalue weighted by molar-refractivity contribution is -0.140. The van der Waals surface area contributed by atoms with E-state index in [0.717, 1.165) is 9.87 Å². The smallest absolute Gasteiger partial charge is 0.264 e. The first kappa shape index (κ1) is 33.0. The number of nitrogens with zero attached hydrogens (tertiary/aromatic N) is 2. The molecular formula is C29H31Cl4N3O4S. The second kappa shape index (κ2) is 14.1. The molecule has 0 aromatic heterocycles. The topological polar surface area (TPSA) is 86.8 Å². The highest BCUT2D eigenvalue weighted by atomic mass is 35.5. The molecular weight excluding hydrogens is 628 g/mol. The molecule has 220 valence electrons. The number of sulfonamides is 1. The van der Waals surface area contributed by atoms with Crippen molar-refractivity contribution in [3.63, 3.8) is 0 Å². The maximum atomic E-state index is 14.1. The molecule has 7 nitrogen and oxygen atoms in total. The third-order valence-corrected chi connectivity index (χ3v) is 9.56. The van der Waals surface area contributed by atoms with Crippen molar-refractivity contribution in [1.29, 1.82) is 0 Å². The van der Waals surface area contributed by atoms with Crippen LogP contribution >= 0.6 is 46.4 Å². The number of carbonyl (C=O) groups is 2. The summed E-state index contributed by atoms with van der Waals surface area (Å²) in [5.74, 6) is -1.00. The lowest BCUT2D eigenvalue weighted by Crippen LogP contribution is -2.53. The van der Waals surface area contributed by atoms with E-state index in [4.69, 9.17) is 46.4 Å². The SMILES string of the molecule is CC[C@@H](C(=O)NC(C)C)N(Cc1ccc(Cl)c(Cl)c1)C(=O)CN(c1cccc(Cl)c1Cl)S(=O)(=O)c1ccc(C)cc1. The van der Waals surface area contributed by atoms with Gasteiger partial charge in [-0.1, -0.05) is 83.2 Å². The van der Waals surface area contributed by atoms with Gasteiger partial charge in [0.15, 0.2) is 0 Å². The molecule has 1 atom stereocenters. The maximum absolute atomic E-state index is 14.1. The fourth-order valence-corrected chi connectivity index (χ4v) is 6.37. The number of amides is 2. The van der Waals surface area contributed by atoms with Gasteiger partial charge in [0.1, 0.15) is 12.6 Å². The Labute approximate surface area is 261 Å². The summed E-state index contributed by atoms with van der Waals surface area (Å²) in [6.07, 6.45) is 0.272. The van der Waals surface area contributed by atoms with Crippen LogP contribution in [0.2, 0.25) is 20.1 Å².